The van der Waals surface area contributed by atoms with Crippen LogP contribution in [0.3, 0.4) is 0 Å². The fourth-order valence-corrected chi connectivity index (χ4v) is 1.90. The number of hydrogen-bond acceptors (Lipinski definition) is 2. The summed E-state index contributed by atoms with van der Waals surface area (Å²) < 4.78 is 2.22. The highest BCUT2D eigenvalue weighted by Crippen LogP contribution is 2.21. The summed E-state index contributed by atoms with van der Waals surface area (Å²) in [5, 5.41) is 12.3. The van der Waals surface area contributed by atoms with Gasteiger partial charge < -0.3 is 9.88 Å². The van der Waals surface area contributed by atoms with Crippen LogP contribution < -0.4 is 5.32 Å². The lowest BCUT2D eigenvalue weighted by atomic mass is 9.90. The van der Waals surface area contributed by atoms with Crippen LogP contribution in [0.2, 0.25) is 0 Å². The Labute approximate surface area is 111 Å². The molecule has 0 spiro atoms. The number of nitrogens with one attached hydrogen (secondary N) is 1. The van der Waals surface area contributed by atoms with Crippen molar-refractivity contribution in [2.24, 2.45) is 5.41 Å². The summed E-state index contributed by atoms with van der Waals surface area (Å²) in [5.74, 6) is 0. The van der Waals surface area contributed by atoms with Crippen LogP contribution in [-0.2, 0) is 13.1 Å². The number of aromatic nitrogens is 1. The molecule has 0 aliphatic heterocycles. The Bertz CT molecular complexity index is 385. The van der Waals surface area contributed by atoms with Crippen molar-refractivity contribution >= 4 is 0 Å². The van der Waals surface area contributed by atoms with Crippen LogP contribution in [0.4, 0.5) is 0 Å². The van der Waals surface area contributed by atoms with Gasteiger partial charge in [-0.05, 0) is 51.3 Å². The van der Waals surface area contributed by atoms with Crippen molar-refractivity contribution in [1.82, 2.24) is 9.88 Å². The maximum atomic E-state index is 8.95. The fraction of sp³-hybridized carbons (Fsp3) is 0.667. The van der Waals surface area contributed by atoms with E-state index in [1.807, 2.05) is 13.8 Å². The molecule has 0 atom stereocenters. The number of aryl methyl sites for hydroxylation is 1. The quantitative estimate of drug-likeness (QED) is 0.716. The van der Waals surface area contributed by atoms with E-state index in [1.54, 1.807) is 0 Å². The summed E-state index contributed by atoms with van der Waals surface area (Å²) in [5.41, 5.74) is 1.14. The predicted molar refractivity (Wildman–Crippen MR) is 75.1 cm³/mol. The number of hydrogen-bond donors (Lipinski definition) is 1. The molecule has 100 valence electrons. The molecule has 0 aromatic carbocycles. The number of nitriles is 1. The standard InChI is InChI=1S/C15H25N3/c1-4-8-17-11-14-6-10-18(12-14)9-5-7-15(2,3)13-16/h6,10,12,17H,4-5,7-9,11H2,1-3H3. The van der Waals surface area contributed by atoms with Gasteiger partial charge in [-0.15, -0.1) is 0 Å². The third-order valence-corrected chi connectivity index (χ3v) is 3.09. The second kappa shape index (κ2) is 7.23. The molecular weight excluding hydrogens is 222 g/mol. The Balaban J connectivity index is 2.29. The molecule has 3 heteroatoms. The molecule has 0 saturated carbocycles. The minimum absolute atomic E-state index is 0.196. The van der Waals surface area contributed by atoms with E-state index in [2.05, 4.69) is 41.3 Å². The zero-order valence-electron chi connectivity index (χ0n) is 11.9. The molecular formula is C15H25N3. The molecule has 1 aromatic rings. The summed E-state index contributed by atoms with van der Waals surface area (Å²) in [6.07, 6.45) is 7.50. The predicted octanol–water partition coefficient (Wildman–Crippen LogP) is 3.32. The van der Waals surface area contributed by atoms with E-state index in [4.69, 9.17) is 5.26 Å². The molecule has 0 bridgehead atoms. The summed E-state index contributed by atoms with van der Waals surface area (Å²) in [6.45, 7) is 9.20. The van der Waals surface area contributed by atoms with Crippen molar-refractivity contribution < 1.29 is 0 Å². The Kier molecular flexibility index (Phi) is 5.94. The first-order chi connectivity index (χ1) is 8.57. The van der Waals surface area contributed by atoms with Gasteiger partial charge in [0.2, 0.25) is 0 Å². The molecule has 0 amide bonds. The SMILES string of the molecule is CCCNCc1ccn(CCCC(C)(C)C#N)c1. The second-order valence-corrected chi connectivity index (χ2v) is 5.53. The van der Waals surface area contributed by atoms with Crippen LogP contribution >= 0.6 is 0 Å². The van der Waals surface area contributed by atoms with E-state index >= 15 is 0 Å². The average Bonchev–Trinajstić information content (AvgIpc) is 2.77. The van der Waals surface area contributed by atoms with Crippen LogP contribution in [0.1, 0.15) is 45.6 Å². The third-order valence-electron chi connectivity index (χ3n) is 3.09. The van der Waals surface area contributed by atoms with E-state index < -0.39 is 0 Å². The lowest BCUT2D eigenvalue weighted by Crippen LogP contribution is -2.13. The van der Waals surface area contributed by atoms with Gasteiger partial charge in [0.15, 0.2) is 0 Å². The number of rotatable bonds is 8. The normalized spacial score (nSPS) is 11.4. The zero-order valence-corrected chi connectivity index (χ0v) is 11.9. The molecule has 1 rings (SSSR count). The molecule has 0 aliphatic rings. The molecule has 18 heavy (non-hydrogen) atoms. The van der Waals surface area contributed by atoms with E-state index in [9.17, 15) is 0 Å². The van der Waals surface area contributed by atoms with E-state index in [0.717, 1.165) is 32.5 Å². The second-order valence-electron chi connectivity index (χ2n) is 5.53. The maximum absolute atomic E-state index is 8.95. The lowest BCUT2D eigenvalue weighted by Gasteiger charge is -2.14. The largest absolute Gasteiger partial charge is 0.354 e. The van der Waals surface area contributed by atoms with Crippen LogP contribution in [0, 0.1) is 16.7 Å². The Morgan fingerprint density at radius 2 is 2.22 bits per heavy atom. The summed E-state index contributed by atoms with van der Waals surface area (Å²) >= 11 is 0. The van der Waals surface area contributed by atoms with Crippen molar-refractivity contribution in [2.45, 2.75) is 53.1 Å². The van der Waals surface area contributed by atoms with Gasteiger partial charge >= 0.3 is 0 Å². The van der Waals surface area contributed by atoms with Crippen molar-refractivity contribution in [2.75, 3.05) is 6.54 Å². The molecule has 0 radical (unpaired) electrons. The van der Waals surface area contributed by atoms with Gasteiger partial charge in [0.05, 0.1) is 11.5 Å². The molecule has 0 unspecified atom stereocenters. The molecule has 0 fully saturated rings. The monoisotopic (exact) mass is 247 g/mol. The highest BCUT2D eigenvalue weighted by atomic mass is 14.9. The van der Waals surface area contributed by atoms with E-state index in [0.29, 0.717) is 0 Å². The van der Waals surface area contributed by atoms with Gasteiger partial charge in [-0.3, -0.25) is 0 Å². The summed E-state index contributed by atoms with van der Waals surface area (Å²) in [7, 11) is 0. The van der Waals surface area contributed by atoms with Crippen LogP contribution in [0.5, 0.6) is 0 Å². The molecule has 1 aromatic heterocycles. The minimum atomic E-state index is -0.196. The smallest absolute Gasteiger partial charge is 0.0683 e. The fourth-order valence-electron chi connectivity index (χ4n) is 1.90. The molecule has 3 nitrogen and oxygen atoms in total. The Morgan fingerprint density at radius 1 is 1.44 bits per heavy atom. The highest BCUT2D eigenvalue weighted by molar-refractivity contribution is 5.09. The van der Waals surface area contributed by atoms with Crippen LogP contribution in [-0.4, -0.2) is 11.1 Å². The Morgan fingerprint density at radius 3 is 2.89 bits per heavy atom. The molecule has 1 N–H and O–H groups in total. The van der Waals surface area contributed by atoms with E-state index in [-0.39, 0.29) is 5.41 Å². The van der Waals surface area contributed by atoms with Crippen LogP contribution in [0.25, 0.3) is 0 Å². The minimum Gasteiger partial charge on any atom is -0.354 e. The summed E-state index contributed by atoms with van der Waals surface area (Å²) in [6, 6.07) is 4.51. The molecule has 1 heterocycles. The van der Waals surface area contributed by atoms with Gasteiger partial charge in [-0.25, -0.2) is 0 Å². The first kappa shape index (κ1) is 14.8. The van der Waals surface area contributed by atoms with Gasteiger partial charge in [0.25, 0.3) is 0 Å². The first-order valence-electron chi connectivity index (χ1n) is 6.84. The maximum Gasteiger partial charge on any atom is 0.0683 e. The van der Waals surface area contributed by atoms with Crippen LogP contribution in [0.15, 0.2) is 18.5 Å². The first-order valence-corrected chi connectivity index (χ1v) is 6.84. The molecule has 0 aliphatic carbocycles. The van der Waals surface area contributed by atoms with Crippen molar-refractivity contribution in [3.05, 3.63) is 24.0 Å². The van der Waals surface area contributed by atoms with Crippen molar-refractivity contribution in [1.29, 1.82) is 5.26 Å². The van der Waals surface area contributed by atoms with Crippen molar-refractivity contribution in [3.8, 4) is 6.07 Å². The highest BCUT2D eigenvalue weighted by Gasteiger charge is 2.15. The lowest BCUT2D eigenvalue weighted by molar-refractivity contribution is 0.416. The van der Waals surface area contributed by atoms with Gasteiger partial charge in [0, 0.05) is 25.5 Å². The number of nitrogens with zero attached hydrogens (tertiary/aromatic N) is 2. The van der Waals surface area contributed by atoms with E-state index in [1.165, 1.54) is 12.0 Å². The van der Waals surface area contributed by atoms with Gasteiger partial charge in [-0.1, -0.05) is 6.92 Å². The summed E-state index contributed by atoms with van der Waals surface area (Å²) in [4.78, 5) is 0. The zero-order chi connectivity index (χ0) is 13.4. The third kappa shape index (κ3) is 5.37. The Hall–Kier alpha value is -1.27. The van der Waals surface area contributed by atoms with Gasteiger partial charge in [0.1, 0.15) is 0 Å². The topological polar surface area (TPSA) is 40.8 Å². The average molecular weight is 247 g/mol. The van der Waals surface area contributed by atoms with Crippen molar-refractivity contribution in [3.63, 3.8) is 0 Å². The van der Waals surface area contributed by atoms with Gasteiger partial charge in [-0.2, -0.15) is 5.26 Å². The molecule has 0 saturated heterocycles.